The summed E-state index contributed by atoms with van der Waals surface area (Å²) < 4.78 is 0. The highest BCUT2D eigenvalue weighted by Crippen LogP contribution is 2.24. The molecule has 0 amide bonds. The largest absolute Gasteiger partial charge is 0.300 e. The van der Waals surface area contributed by atoms with Crippen LogP contribution in [0.15, 0.2) is 49.2 Å². The highest BCUT2D eigenvalue weighted by Gasteiger charge is 2.19. The lowest BCUT2D eigenvalue weighted by atomic mass is 10.0. The summed E-state index contributed by atoms with van der Waals surface area (Å²) in [5, 5.41) is 2.41. The molecule has 0 spiro atoms. The fourth-order valence-corrected chi connectivity index (χ4v) is 3.53. The first kappa shape index (κ1) is 15.2. The van der Waals surface area contributed by atoms with E-state index in [0.29, 0.717) is 0 Å². The molecule has 1 atom stereocenters. The van der Waals surface area contributed by atoms with Crippen molar-refractivity contribution in [2.75, 3.05) is 13.1 Å². The van der Waals surface area contributed by atoms with Crippen LogP contribution in [0.3, 0.4) is 0 Å². The predicted molar refractivity (Wildman–Crippen MR) is 96.7 cm³/mol. The molecule has 0 N–H and O–H groups in total. The summed E-state index contributed by atoms with van der Waals surface area (Å²) in [5.74, 6) is 0. The fraction of sp³-hybridized carbons (Fsp3) is 0.350. The van der Waals surface area contributed by atoms with Crippen molar-refractivity contribution in [1.29, 1.82) is 0 Å². The van der Waals surface area contributed by atoms with Crippen molar-refractivity contribution in [3.8, 4) is 11.1 Å². The lowest BCUT2D eigenvalue weighted by molar-refractivity contribution is 0.271. The van der Waals surface area contributed by atoms with Gasteiger partial charge in [-0.3, -0.25) is 4.98 Å². The summed E-state index contributed by atoms with van der Waals surface area (Å²) in [6.07, 6.45) is 10.9. The van der Waals surface area contributed by atoms with Gasteiger partial charge in [0.15, 0.2) is 0 Å². The van der Waals surface area contributed by atoms with Gasteiger partial charge in [0.1, 0.15) is 6.33 Å². The van der Waals surface area contributed by atoms with Gasteiger partial charge in [-0.2, -0.15) is 0 Å². The van der Waals surface area contributed by atoms with Crippen molar-refractivity contribution in [3.05, 3.63) is 54.9 Å². The van der Waals surface area contributed by atoms with Crippen LogP contribution in [0.2, 0.25) is 0 Å². The number of hydrogen-bond acceptors (Lipinski definition) is 4. The highest BCUT2D eigenvalue weighted by molar-refractivity contribution is 5.86. The van der Waals surface area contributed by atoms with Gasteiger partial charge in [-0.1, -0.05) is 12.1 Å². The van der Waals surface area contributed by atoms with Crippen molar-refractivity contribution in [1.82, 2.24) is 19.9 Å². The zero-order chi connectivity index (χ0) is 16.4. The maximum atomic E-state index is 4.67. The molecule has 1 fully saturated rings. The second-order valence-electron chi connectivity index (χ2n) is 6.64. The van der Waals surface area contributed by atoms with Crippen LogP contribution in [0.5, 0.6) is 0 Å². The Morgan fingerprint density at radius 2 is 1.92 bits per heavy atom. The number of rotatable bonds is 4. The van der Waals surface area contributed by atoms with Crippen LogP contribution in [0.1, 0.15) is 25.5 Å². The number of nitrogens with zero attached hydrogens (tertiary/aromatic N) is 4. The van der Waals surface area contributed by atoms with Gasteiger partial charge in [-0.25, -0.2) is 9.97 Å². The quantitative estimate of drug-likeness (QED) is 0.735. The first-order chi connectivity index (χ1) is 11.8. The average molecular weight is 318 g/mol. The summed E-state index contributed by atoms with van der Waals surface area (Å²) in [6, 6.07) is 9.41. The van der Waals surface area contributed by atoms with Gasteiger partial charge in [0.25, 0.3) is 0 Å². The van der Waals surface area contributed by atoms with Crippen molar-refractivity contribution < 1.29 is 0 Å². The van der Waals surface area contributed by atoms with Crippen molar-refractivity contribution in [2.24, 2.45) is 0 Å². The summed E-state index contributed by atoms with van der Waals surface area (Å²) in [5.41, 5.74) is 3.34. The zero-order valence-corrected chi connectivity index (χ0v) is 14.0. The van der Waals surface area contributed by atoms with Gasteiger partial charge in [-0.15, -0.1) is 0 Å². The normalized spacial score (nSPS) is 18.3. The molecule has 3 heterocycles. The maximum absolute atomic E-state index is 4.67. The smallest absolute Gasteiger partial charge is 0.115 e. The van der Waals surface area contributed by atoms with Crippen LogP contribution in [-0.2, 0) is 6.42 Å². The van der Waals surface area contributed by atoms with E-state index < -0.39 is 0 Å². The Hall–Kier alpha value is -2.33. The van der Waals surface area contributed by atoms with Gasteiger partial charge >= 0.3 is 0 Å². The number of aromatic nitrogens is 3. The van der Waals surface area contributed by atoms with Crippen molar-refractivity contribution in [3.63, 3.8) is 0 Å². The summed E-state index contributed by atoms with van der Waals surface area (Å²) in [4.78, 5) is 15.4. The number of fused-ring (bicyclic) bond motifs is 1. The molecule has 2 aromatic heterocycles. The molecule has 0 radical (unpaired) electrons. The minimum atomic E-state index is 0.723. The molecule has 3 aromatic rings. The monoisotopic (exact) mass is 318 g/mol. The Kier molecular flexibility index (Phi) is 4.22. The SMILES string of the molecule is C[C@@H]1CCCN1CCc1cc2ccc(-c3cncnc3)cc2cn1. The Balaban J connectivity index is 1.53. The van der Waals surface area contributed by atoms with Crippen LogP contribution in [0.25, 0.3) is 21.9 Å². The third-order valence-corrected chi connectivity index (χ3v) is 5.02. The standard InChI is InChI=1S/C20H22N4/c1-15-3-2-7-24(15)8-6-20-10-17-5-4-16(9-18(17)13-23-20)19-11-21-14-22-12-19/h4-5,9-15H,2-3,6-8H2,1H3/t15-/m1/s1. The van der Waals surface area contributed by atoms with E-state index in [1.165, 1.54) is 30.5 Å². The van der Waals surface area contributed by atoms with Crippen molar-refractivity contribution in [2.45, 2.75) is 32.2 Å². The van der Waals surface area contributed by atoms with Gasteiger partial charge in [0.2, 0.25) is 0 Å². The molecular weight excluding hydrogens is 296 g/mol. The van der Waals surface area contributed by atoms with Crippen molar-refractivity contribution >= 4 is 10.8 Å². The molecule has 4 heteroatoms. The molecule has 1 aromatic carbocycles. The van der Waals surface area contributed by atoms with E-state index in [1.807, 2.05) is 18.6 Å². The zero-order valence-electron chi connectivity index (χ0n) is 14.0. The molecule has 0 unspecified atom stereocenters. The molecular formula is C20H22N4. The number of pyridine rings is 1. The maximum Gasteiger partial charge on any atom is 0.115 e. The van der Waals surface area contributed by atoms with Crippen LogP contribution in [0.4, 0.5) is 0 Å². The summed E-state index contributed by atoms with van der Waals surface area (Å²) >= 11 is 0. The van der Waals surface area contributed by atoms with Gasteiger partial charge in [0, 0.05) is 54.2 Å². The minimum Gasteiger partial charge on any atom is -0.300 e. The third-order valence-electron chi connectivity index (χ3n) is 5.02. The van der Waals surface area contributed by atoms with E-state index >= 15 is 0 Å². The second-order valence-corrected chi connectivity index (χ2v) is 6.64. The lowest BCUT2D eigenvalue weighted by Gasteiger charge is -2.20. The molecule has 0 aliphatic carbocycles. The summed E-state index contributed by atoms with van der Waals surface area (Å²) in [6.45, 7) is 4.67. The molecule has 24 heavy (non-hydrogen) atoms. The molecule has 1 saturated heterocycles. The number of hydrogen-bond donors (Lipinski definition) is 0. The minimum absolute atomic E-state index is 0.723. The van der Waals surface area contributed by atoms with E-state index in [4.69, 9.17) is 0 Å². The van der Waals surface area contributed by atoms with E-state index in [9.17, 15) is 0 Å². The van der Waals surface area contributed by atoms with E-state index in [-0.39, 0.29) is 0 Å². The molecule has 0 bridgehead atoms. The summed E-state index contributed by atoms with van der Waals surface area (Å²) in [7, 11) is 0. The Morgan fingerprint density at radius 1 is 1.04 bits per heavy atom. The number of benzene rings is 1. The first-order valence-electron chi connectivity index (χ1n) is 8.68. The number of likely N-dealkylation sites (tertiary alicyclic amines) is 1. The molecule has 1 aliphatic heterocycles. The molecule has 0 saturated carbocycles. The van der Waals surface area contributed by atoms with Gasteiger partial charge < -0.3 is 4.90 Å². The highest BCUT2D eigenvalue weighted by atomic mass is 15.2. The Bertz CT molecular complexity index is 831. The lowest BCUT2D eigenvalue weighted by Crippen LogP contribution is -2.29. The van der Waals surface area contributed by atoms with E-state index in [2.05, 4.69) is 51.0 Å². The Morgan fingerprint density at radius 3 is 2.71 bits per heavy atom. The van der Waals surface area contributed by atoms with Gasteiger partial charge in [-0.05, 0) is 49.4 Å². The van der Waals surface area contributed by atoms with Gasteiger partial charge in [0.05, 0.1) is 0 Å². The van der Waals surface area contributed by atoms with Crippen LogP contribution in [0, 0.1) is 0 Å². The average Bonchev–Trinajstić information content (AvgIpc) is 3.05. The predicted octanol–water partition coefficient (Wildman–Crippen LogP) is 3.72. The fourth-order valence-electron chi connectivity index (χ4n) is 3.53. The van der Waals surface area contributed by atoms with E-state index in [0.717, 1.165) is 35.5 Å². The molecule has 122 valence electrons. The molecule has 1 aliphatic rings. The third kappa shape index (κ3) is 3.15. The van der Waals surface area contributed by atoms with Crippen LogP contribution >= 0.6 is 0 Å². The molecule has 4 rings (SSSR count). The topological polar surface area (TPSA) is 41.9 Å². The first-order valence-corrected chi connectivity index (χ1v) is 8.68. The second kappa shape index (κ2) is 6.65. The van der Waals surface area contributed by atoms with Crippen LogP contribution < -0.4 is 0 Å². The van der Waals surface area contributed by atoms with E-state index in [1.54, 1.807) is 6.33 Å². The Labute approximate surface area is 142 Å². The molecule has 4 nitrogen and oxygen atoms in total. The van der Waals surface area contributed by atoms with Crippen LogP contribution in [-0.4, -0.2) is 39.0 Å².